The average molecular weight is 343 g/mol. The van der Waals surface area contributed by atoms with Gasteiger partial charge in [-0.1, -0.05) is 0 Å². The molecule has 0 radical (unpaired) electrons. The zero-order valence-electron chi connectivity index (χ0n) is 12.0. The molecule has 1 aromatic heterocycles. The minimum Gasteiger partial charge on any atom is -0.341 e. The van der Waals surface area contributed by atoms with Crippen LogP contribution >= 0.6 is 0 Å². The second-order valence-corrected chi connectivity index (χ2v) is 5.55. The minimum atomic E-state index is -5.43. The summed E-state index contributed by atoms with van der Waals surface area (Å²) >= 11 is 0. The van der Waals surface area contributed by atoms with E-state index >= 15 is 0 Å². The highest BCUT2D eigenvalue weighted by atomic mass is 19.4. The standard InChI is InChI=1S/C13H15F6N3O/c14-12(15,16)11(13(17,18)19)3-6-22(8-11)10(23)2-1-5-21-7-4-20-9-21/h4,7,9H,1-3,5-6,8H2. The lowest BCUT2D eigenvalue weighted by molar-refractivity contribution is -0.334. The third-order valence-corrected chi connectivity index (χ3v) is 4.07. The first-order chi connectivity index (χ1) is 10.6. The Labute approximate surface area is 128 Å². The zero-order valence-corrected chi connectivity index (χ0v) is 12.0. The Morgan fingerprint density at radius 3 is 2.30 bits per heavy atom. The van der Waals surface area contributed by atoms with Gasteiger partial charge in [0.1, 0.15) is 0 Å². The van der Waals surface area contributed by atoms with Crippen LogP contribution in [0.2, 0.25) is 0 Å². The molecule has 0 saturated carbocycles. The fourth-order valence-electron chi connectivity index (χ4n) is 2.64. The molecule has 0 spiro atoms. The van der Waals surface area contributed by atoms with Crippen LogP contribution in [0.4, 0.5) is 26.3 Å². The van der Waals surface area contributed by atoms with Gasteiger partial charge in [-0.25, -0.2) is 4.98 Å². The van der Waals surface area contributed by atoms with Gasteiger partial charge in [0.25, 0.3) is 0 Å². The lowest BCUT2D eigenvalue weighted by Crippen LogP contribution is -2.52. The maximum atomic E-state index is 12.9. The summed E-state index contributed by atoms with van der Waals surface area (Å²) in [5.74, 6) is -0.694. The van der Waals surface area contributed by atoms with Gasteiger partial charge in [0.05, 0.1) is 6.33 Å². The van der Waals surface area contributed by atoms with Crippen molar-refractivity contribution in [1.82, 2.24) is 14.5 Å². The first kappa shape index (κ1) is 17.6. The molecule has 4 nitrogen and oxygen atoms in total. The number of likely N-dealkylation sites (tertiary alicyclic amines) is 1. The van der Waals surface area contributed by atoms with Gasteiger partial charge in [0.15, 0.2) is 5.41 Å². The fourth-order valence-corrected chi connectivity index (χ4v) is 2.64. The van der Waals surface area contributed by atoms with E-state index in [0.29, 0.717) is 17.9 Å². The van der Waals surface area contributed by atoms with Crippen LogP contribution in [0.15, 0.2) is 18.7 Å². The van der Waals surface area contributed by atoms with E-state index in [-0.39, 0.29) is 6.42 Å². The van der Waals surface area contributed by atoms with Gasteiger partial charge in [0.2, 0.25) is 5.91 Å². The van der Waals surface area contributed by atoms with Crippen LogP contribution in [-0.4, -0.2) is 45.8 Å². The van der Waals surface area contributed by atoms with Gasteiger partial charge in [-0.2, -0.15) is 26.3 Å². The topological polar surface area (TPSA) is 38.1 Å². The number of rotatable bonds is 4. The Hall–Kier alpha value is -1.74. The molecule has 1 aliphatic rings. The van der Waals surface area contributed by atoms with Gasteiger partial charge in [-0.05, 0) is 12.8 Å². The highest BCUT2D eigenvalue weighted by Crippen LogP contribution is 2.55. The monoisotopic (exact) mass is 343 g/mol. The van der Waals surface area contributed by atoms with Gasteiger partial charge < -0.3 is 9.47 Å². The van der Waals surface area contributed by atoms with E-state index in [1.807, 2.05) is 0 Å². The molecule has 0 atom stereocenters. The van der Waals surface area contributed by atoms with E-state index < -0.39 is 43.2 Å². The quantitative estimate of drug-likeness (QED) is 0.789. The van der Waals surface area contributed by atoms with Crippen molar-refractivity contribution in [3.05, 3.63) is 18.7 Å². The number of hydrogen-bond donors (Lipinski definition) is 0. The maximum Gasteiger partial charge on any atom is 0.404 e. The number of aryl methyl sites for hydroxylation is 1. The van der Waals surface area contributed by atoms with Crippen LogP contribution in [0, 0.1) is 5.41 Å². The van der Waals surface area contributed by atoms with Crippen molar-refractivity contribution in [3.63, 3.8) is 0 Å². The summed E-state index contributed by atoms with van der Waals surface area (Å²) in [5.41, 5.74) is -3.82. The highest BCUT2D eigenvalue weighted by Gasteiger charge is 2.72. The largest absolute Gasteiger partial charge is 0.404 e. The second kappa shape index (κ2) is 6.04. The molecule has 2 heterocycles. The number of carbonyl (C=O) groups is 1. The minimum absolute atomic E-state index is 0.107. The molecule has 2 rings (SSSR count). The molecule has 130 valence electrons. The molecular formula is C13H15F6N3O. The van der Waals surface area contributed by atoms with Gasteiger partial charge in [-0.3, -0.25) is 4.79 Å². The van der Waals surface area contributed by atoms with E-state index in [2.05, 4.69) is 4.98 Å². The fraction of sp³-hybridized carbons (Fsp3) is 0.692. The molecule has 0 bridgehead atoms. The van der Waals surface area contributed by atoms with Crippen LogP contribution in [0.1, 0.15) is 19.3 Å². The number of nitrogens with zero attached hydrogens (tertiary/aromatic N) is 3. The number of imidazole rings is 1. The molecule has 1 aliphatic heterocycles. The number of alkyl halides is 6. The number of amides is 1. The normalized spacial score (nSPS) is 18.4. The number of aromatic nitrogens is 2. The predicted molar refractivity (Wildman–Crippen MR) is 67.2 cm³/mol. The molecule has 1 amide bonds. The average Bonchev–Trinajstić information content (AvgIpc) is 3.06. The highest BCUT2D eigenvalue weighted by molar-refractivity contribution is 5.76. The Morgan fingerprint density at radius 2 is 1.83 bits per heavy atom. The summed E-state index contributed by atoms with van der Waals surface area (Å²) in [6.45, 7) is -1.48. The van der Waals surface area contributed by atoms with Crippen LogP contribution in [0.5, 0.6) is 0 Å². The predicted octanol–water partition coefficient (Wildman–Crippen LogP) is 3.01. The van der Waals surface area contributed by atoms with Gasteiger partial charge in [0, 0.05) is 38.4 Å². The Kier molecular flexibility index (Phi) is 4.63. The molecule has 0 N–H and O–H groups in total. The molecule has 1 aromatic rings. The molecule has 1 fully saturated rings. The first-order valence-corrected chi connectivity index (χ1v) is 6.94. The van der Waals surface area contributed by atoms with Gasteiger partial charge in [-0.15, -0.1) is 0 Å². The summed E-state index contributed by atoms with van der Waals surface area (Å²) in [5, 5.41) is 0. The summed E-state index contributed by atoms with van der Waals surface area (Å²) in [7, 11) is 0. The van der Waals surface area contributed by atoms with Crippen LogP contribution in [0.3, 0.4) is 0 Å². The van der Waals surface area contributed by atoms with E-state index in [9.17, 15) is 31.1 Å². The SMILES string of the molecule is O=C(CCCn1ccnc1)N1CCC(C(F)(F)F)(C(F)(F)F)C1. The van der Waals surface area contributed by atoms with Gasteiger partial charge >= 0.3 is 12.4 Å². The smallest absolute Gasteiger partial charge is 0.341 e. The van der Waals surface area contributed by atoms with E-state index in [4.69, 9.17) is 0 Å². The Morgan fingerprint density at radius 1 is 1.17 bits per heavy atom. The van der Waals surface area contributed by atoms with Crippen molar-refractivity contribution in [1.29, 1.82) is 0 Å². The lowest BCUT2D eigenvalue weighted by atomic mass is 9.85. The van der Waals surface area contributed by atoms with E-state index in [1.165, 1.54) is 12.5 Å². The van der Waals surface area contributed by atoms with Crippen molar-refractivity contribution in [2.45, 2.75) is 38.2 Å². The van der Waals surface area contributed by atoms with Crippen LogP contribution in [0.25, 0.3) is 0 Å². The Bertz CT molecular complexity index is 523. The zero-order chi connectivity index (χ0) is 17.3. The number of carbonyl (C=O) groups excluding carboxylic acids is 1. The maximum absolute atomic E-state index is 12.9. The number of hydrogen-bond acceptors (Lipinski definition) is 2. The third-order valence-electron chi connectivity index (χ3n) is 4.07. The summed E-state index contributed by atoms with van der Waals surface area (Å²) < 4.78 is 79.2. The molecule has 0 aromatic carbocycles. The van der Waals surface area contributed by atoms with Crippen LogP contribution in [-0.2, 0) is 11.3 Å². The van der Waals surface area contributed by atoms with Crippen molar-refractivity contribution >= 4 is 5.91 Å². The van der Waals surface area contributed by atoms with E-state index in [0.717, 1.165) is 0 Å². The summed E-state index contributed by atoms with van der Waals surface area (Å²) in [6.07, 6.45) is -7.11. The van der Waals surface area contributed by atoms with Crippen molar-refractivity contribution in [3.8, 4) is 0 Å². The summed E-state index contributed by atoms with van der Waals surface area (Å²) in [4.78, 5) is 16.3. The molecule has 0 aliphatic carbocycles. The molecule has 0 unspecified atom stereocenters. The van der Waals surface area contributed by atoms with E-state index in [1.54, 1.807) is 10.8 Å². The summed E-state index contributed by atoms with van der Waals surface area (Å²) in [6, 6.07) is 0. The van der Waals surface area contributed by atoms with Crippen LogP contribution < -0.4 is 0 Å². The molecular weight excluding hydrogens is 328 g/mol. The van der Waals surface area contributed by atoms with Crippen molar-refractivity contribution in [2.75, 3.05) is 13.1 Å². The third kappa shape index (κ3) is 3.45. The second-order valence-electron chi connectivity index (χ2n) is 5.55. The number of halogens is 6. The Balaban J connectivity index is 1.96. The first-order valence-electron chi connectivity index (χ1n) is 6.94. The lowest BCUT2D eigenvalue weighted by Gasteiger charge is -2.33. The van der Waals surface area contributed by atoms with Crippen molar-refractivity contribution < 1.29 is 31.1 Å². The molecule has 23 heavy (non-hydrogen) atoms. The van der Waals surface area contributed by atoms with Crippen molar-refractivity contribution in [2.24, 2.45) is 5.41 Å². The molecule has 10 heteroatoms. The molecule has 1 saturated heterocycles.